The minimum Gasteiger partial charge on any atom is -0.264 e. The Morgan fingerprint density at radius 2 is 2.40 bits per heavy atom. The number of nitrogens with zero attached hydrogens (tertiary/aromatic N) is 1. The molecular formula is C7H7BrClN. The number of hydrogen-bond acceptors (Lipinski definition) is 1. The van der Waals surface area contributed by atoms with Crippen LogP contribution in [0.25, 0.3) is 0 Å². The van der Waals surface area contributed by atoms with Gasteiger partial charge in [-0.1, -0.05) is 0 Å². The van der Waals surface area contributed by atoms with Crippen LogP contribution in [0.3, 0.4) is 0 Å². The lowest BCUT2D eigenvalue weighted by Gasteiger charge is -1.98. The third kappa shape index (κ3) is 1.96. The van der Waals surface area contributed by atoms with Crippen LogP contribution in [0, 0.1) is 0 Å². The topological polar surface area (TPSA) is 12.9 Å². The van der Waals surface area contributed by atoms with Crippen molar-refractivity contribution in [2.75, 3.05) is 5.88 Å². The summed E-state index contributed by atoms with van der Waals surface area (Å²) >= 11 is 8.94. The van der Waals surface area contributed by atoms with Gasteiger partial charge in [0.25, 0.3) is 0 Å². The SMILES string of the molecule is ClCCc1ccncc1Br. The molecule has 10 heavy (non-hydrogen) atoms. The van der Waals surface area contributed by atoms with Crippen LogP contribution in [0.5, 0.6) is 0 Å². The van der Waals surface area contributed by atoms with Gasteiger partial charge in [-0.3, -0.25) is 4.98 Å². The molecule has 0 aliphatic rings. The molecule has 1 aromatic heterocycles. The third-order valence-electron chi connectivity index (χ3n) is 1.22. The van der Waals surface area contributed by atoms with E-state index in [2.05, 4.69) is 20.9 Å². The Morgan fingerprint density at radius 3 is 3.00 bits per heavy atom. The summed E-state index contributed by atoms with van der Waals surface area (Å²) in [6.07, 6.45) is 4.44. The molecule has 1 nitrogen and oxygen atoms in total. The van der Waals surface area contributed by atoms with Crippen LogP contribution in [0.15, 0.2) is 22.9 Å². The van der Waals surface area contributed by atoms with E-state index in [9.17, 15) is 0 Å². The van der Waals surface area contributed by atoms with E-state index in [0.29, 0.717) is 5.88 Å². The van der Waals surface area contributed by atoms with Crippen LogP contribution >= 0.6 is 27.5 Å². The molecule has 3 heteroatoms. The lowest BCUT2D eigenvalue weighted by atomic mass is 10.2. The van der Waals surface area contributed by atoms with E-state index in [0.717, 1.165) is 10.9 Å². The first-order valence-corrected chi connectivity index (χ1v) is 4.31. The predicted molar refractivity (Wildman–Crippen MR) is 46.4 cm³/mol. The van der Waals surface area contributed by atoms with Crippen molar-refractivity contribution in [3.8, 4) is 0 Å². The van der Waals surface area contributed by atoms with Gasteiger partial charge in [-0.25, -0.2) is 0 Å². The molecule has 1 heterocycles. The van der Waals surface area contributed by atoms with Crippen molar-refractivity contribution in [1.29, 1.82) is 0 Å². The molecule has 54 valence electrons. The maximum Gasteiger partial charge on any atom is 0.0412 e. The summed E-state index contributed by atoms with van der Waals surface area (Å²) < 4.78 is 1.04. The van der Waals surface area contributed by atoms with Gasteiger partial charge in [-0.15, -0.1) is 11.6 Å². The summed E-state index contributed by atoms with van der Waals surface area (Å²) in [4.78, 5) is 3.94. The van der Waals surface area contributed by atoms with Gasteiger partial charge in [-0.05, 0) is 34.0 Å². The monoisotopic (exact) mass is 219 g/mol. The molecule has 0 aliphatic carbocycles. The normalized spacial score (nSPS) is 9.80. The van der Waals surface area contributed by atoms with Crippen molar-refractivity contribution in [3.05, 3.63) is 28.5 Å². The maximum absolute atomic E-state index is 5.57. The van der Waals surface area contributed by atoms with Crippen molar-refractivity contribution in [2.45, 2.75) is 6.42 Å². The van der Waals surface area contributed by atoms with E-state index < -0.39 is 0 Å². The molecule has 0 radical (unpaired) electrons. The molecule has 1 rings (SSSR count). The van der Waals surface area contributed by atoms with Crippen molar-refractivity contribution in [3.63, 3.8) is 0 Å². The van der Waals surface area contributed by atoms with Crippen LogP contribution in [-0.2, 0) is 6.42 Å². The fourth-order valence-corrected chi connectivity index (χ4v) is 1.36. The lowest BCUT2D eigenvalue weighted by molar-refractivity contribution is 1.11. The maximum atomic E-state index is 5.57. The number of aryl methyl sites for hydroxylation is 1. The van der Waals surface area contributed by atoms with Crippen LogP contribution < -0.4 is 0 Å². The Morgan fingerprint density at radius 1 is 1.60 bits per heavy atom. The van der Waals surface area contributed by atoms with Gasteiger partial charge >= 0.3 is 0 Å². The van der Waals surface area contributed by atoms with E-state index in [1.54, 1.807) is 12.4 Å². The summed E-state index contributed by atoms with van der Waals surface area (Å²) in [6.45, 7) is 0. The van der Waals surface area contributed by atoms with Crippen molar-refractivity contribution in [2.24, 2.45) is 0 Å². The Hall–Kier alpha value is -0.0800. The minimum absolute atomic E-state index is 0.655. The van der Waals surface area contributed by atoms with Crippen molar-refractivity contribution < 1.29 is 0 Å². The second-order valence-electron chi connectivity index (χ2n) is 1.91. The van der Waals surface area contributed by atoms with E-state index >= 15 is 0 Å². The Kier molecular flexibility index (Phi) is 3.16. The number of rotatable bonds is 2. The van der Waals surface area contributed by atoms with E-state index in [4.69, 9.17) is 11.6 Å². The van der Waals surface area contributed by atoms with Gasteiger partial charge in [0, 0.05) is 22.7 Å². The molecule has 0 aliphatic heterocycles. The number of halogens is 2. The second-order valence-corrected chi connectivity index (χ2v) is 3.14. The lowest BCUT2D eigenvalue weighted by Crippen LogP contribution is -1.87. The molecule has 0 saturated carbocycles. The van der Waals surface area contributed by atoms with Gasteiger partial charge in [0.05, 0.1) is 0 Å². The molecule has 0 bridgehead atoms. The molecule has 1 aromatic rings. The molecule has 0 saturated heterocycles. The first kappa shape index (κ1) is 8.02. The predicted octanol–water partition coefficient (Wildman–Crippen LogP) is 2.63. The summed E-state index contributed by atoms with van der Waals surface area (Å²) in [5.74, 6) is 0.655. The molecule has 0 atom stereocenters. The van der Waals surface area contributed by atoms with Crippen LogP contribution in [-0.4, -0.2) is 10.9 Å². The highest BCUT2D eigenvalue weighted by Crippen LogP contribution is 2.14. The second kappa shape index (κ2) is 3.94. The highest BCUT2D eigenvalue weighted by atomic mass is 79.9. The van der Waals surface area contributed by atoms with Crippen LogP contribution in [0.4, 0.5) is 0 Å². The average molecular weight is 220 g/mol. The smallest absolute Gasteiger partial charge is 0.0412 e. The average Bonchev–Trinajstić information content (AvgIpc) is 1.94. The first-order chi connectivity index (χ1) is 4.84. The zero-order chi connectivity index (χ0) is 7.40. The minimum atomic E-state index is 0.655. The van der Waals surface area contributed by atoms with Gasteiger partial charge in [0.2, 0.25) is 0 Å². The van der Waals surface area contributed by atoms with E-state index in [1.807, 2.05) is 6.07 Å². The molecule has 0 N–H and O–H groups in total. The highest BCUT2D eigenvalue weighted by Gasteiger charge is 1.95. The molecule has 0 spiro atoms. The summed E-state index contributed by atoms with van der Waals surface area (Å²) in [6, 6.07) is 1.96. The number of alkyl halides is 1. The molecule has 0 unspecified atom stereocenters. The zero-order valence-electron chi connectivity index (χ0n) is 5.35. The molecular weight excluding hydrogens is 213 g/mol. The van der Waals surface area contributed by atoms with Crippen molar-refractivity contribution >= 4 is 27.5 Å². The number of pyridine rings is 1. The van der Waals surface area contributed by atoms with Crippen LogP contribution in [0.1, 0.15) is 5.56 Å². The van der Waals surface area contributed by atoms with Gasteiger partial charge < -0.3 is 0 Å². The Labute approximate surface area is 73.6 Å². The van der Waals surface area contributed by atoms with Gasteiger partial charge in [0.15, 0.2) is 0 Å². The van der Waals surface area contributed by atoms with Crippen LogP contribution in [0.2, 0.25) is 0 Å². The van der Waals surface area contributed by atoms with Gasteiger partial charge in [0.1, 0.15) is 0 Å². The quantitative estimate of drug-likeness (QED) is 0.698. The number of hydrogen-bond donors (Lipinski definition) is 0. The van der Waals surface area contributed by atoms with Gasteiger partial charge in [-0.2, -0.15) is 0 Å². The first-order valence-electron chi connectivity index (χ1n) is 2.99. The standard InChI is InChI=1S/C7H7BrClN/c8-7-5-10-4-2-6(7)1-3-9/h2,4-5H,1,3H2. The fraction of sp³-hybridized carbons (Fsp3) is 0.286. The molecule has 0 amide bonds. The fourth-order valence-electron chi connectivity index (χ4n) is 0.709. The molecule has 0 fully saturated rings. The molecule has 0 aromatic carbocycles. The third-order valence-corrected chi connectivity index (χ3v) is 2.12. The van der Waals surface area contributed by atoms with E-state index in [1.165, 1.54) is 5.56 Å². The number of aromatic nitrogens is 1. The Bertz CT molecular complexity index is 215. The zero-order valence-corrected chi connectivity index (χ0v) is 7.69. The summed E-state index contributed by atoms with van der Waals surface area (Å²) in [5, 5.41) is 0. The Balaban J connectivity index is 2.81. The van der Waals surface area contributed by atoms with Crippen molar-refractivity contribution in [1.82, 2.24) is 4.98 Å². The summed E-state index contributed by atoms with van der Waals surface area (Å²) in [7, 11) is 0. The summed E-state index contributed by atoms with van der Waals surface area (Å²) in [5.41, 5.74) is 1.21. The van der Waals surface area contributed by atoms with E-state index in [-0.39, 0.29) is 0 Å². The highest BCUT2D eigenvalue weighted by molar-refractivity contribution is 9.10. The largest absolute Gasteiger partial charge is 0.264 e.